The number of hydrogen-bond donors (Lipinski definition) is 1. The number of nitrogens with one attached hydrogen (secondary N) is 1. The number of amides is 1. The molecule has 1 fully saturated rings. The summed E-state index contributed by atoms with van der Waals surface area (Å²) in [4.78, 5) is 24.7. The van der Waals surface area contributed by atoms with Crippen molar-refractivity contribution in [3.8, 4) is 5.88 Å². The smallest absolute Gasteiger partial charge is 0.416 e. The average Bonchev–Trinajstić information content (AvgIpc) is 3.39. The minimum atomic E-state index is -5.04. The summed E-state index contributed by atoms with van der Waals surface area (Å²) in [7, 11) is 1.54. The van der Waals surface area contributed by atoms with Gasteiger partial charge in [-0.3, -0.25) is 9.69 Å². The van der Waals surface area contributed by atoms with Crippen LogP contribution in [0.15, 0.2) is 67.0 Å². The normalized spacial score (nSPS) is 16.5. The number of alkyl halides is 6. The largest absolute Gasteiger partial charge is 0.481 e. The predicted molar refractivity (Wildman–Crippen MR) is 149 cm³/mol. The molecule has 0 spiro atoms. The third kappa shape index (κ3) is 7.12. The van der Waals surface area contributed by atoms with Crippen LogP contribution in [0.5, 0.6) is 5.88 Å². The molecule has 2 aromatic carbocycles. The molecule has 0 saturated carbocycles. The number of fused-ring (bicyclic) bond motifs is 1. The van der Waals surface area contributed by atoms with Crippen molar-refractivity contribution in [3.05, 3.63) is 94.8 Å². The van der Waals surface area contributed by atoms with E-state index < -0.39 is 41.0 Å². The first-order valence-electron chi connectivity index (χ1n) is 13.8. The summed E-state index contributed by atoms with van der Waals surface area (Å²) in [6.07, 6.45) is -4.58. The number of methoxy groups -OCH3 is 1. The van der Waals surface area contributed by atoms with Crippen LogP contribution in [0.2, 0.25) is 0 Å². The molecule has 0 bridgehead atoms. The molecule has 1 aliphatic heterocycles. The van der Waals surface area contributed by atoms with E-state index >= 15 is 0 Å². The van der Waals surface area contributed by atoms with Crippen LogP contribution in [0.1, 0.15) is 39.0 Å². The van der Waals surface area contributed by atoms with E-state index in [-0.39, 0.29) is 12.6 Å². The minimum Gasteiger partial charge on any atom is -0.481 e. The number of nitrogens with zero attached hydrogens (tertiary/aromatic N) is 3. The Morgan fingerprint density at radius 2 is 1.72 bits per heavy atom. The Morgan fingerprint density at radius 1 is 1.00 bits per heavy atom. The molecule has 1 amide bonds. The molecule has 1 saturated heterocycles. The fourth-order valence-electron chi connectivity index (χ4n) is 5.55. The topological polar surface area (TPSA) is 61.5 Å². The van der Waals surface area contributed by atoms with Crippen LogP contribution in [0.4, 0.5) is 26.3 Å². The lowest BCUT2D eigenvalue weighted by molar-refractivity contribution is -0.143. The Hall–Kier alpha value is -4.06. The van der Waals surface area contributed by atoms with E-state index in [0.29, 0.717) is 44.1 Å². The number of aryl methyl sites for hydroxylation is 1. The van der Waals surface area contributed by atoms with E-state index in [1.807, 2.05) is 36.5 Å². The molecule has 4 aromatic rings. The van der Waals surface area contributed by atoms with Gasteiger partial charge >= 0.3 is 12.4 Å². The van der Waals surface area contributed by atoms with Crippen molar-refractivity contribution >= 4 is 16.8 Å². The maximum Gasteiger partial charge on any atom is 0.416 e. The van der Waals surface area contributed by atoms with E-state index in [0.717, 1.165) is 34.9 Å². The second-order valence-corrected chi connectivity index (χ2v) is 10.6. The molecule has 1 aliphatic rings. The number of ether oxygens (including phenoxy) is 1. The second-order valence-electron chi connectivity index (χ2n) is 10.6. The van der Waals surface area contributed by atoms with Gasteiger partial charge in [0.1, 0.15) is 0 Å². The first-order chi connectivity index (χ1) is 20.4. The van der Waals surface area contributed by atoms with Gasteiger partial charge in [0.15, 0.2) is 0 Å². The third-order valence-electron chi connectivity index (χ3n) is 7.74. The third-order valence-corrected chi connectivity index (χ3v) is 7.74. The molecule has 0 aliphatic carbocycles. The fraction of sp³-hybridized carbons (Fsp3) is 0.355. The fourth-order valence-corrected chi connectivity index (χ4v) is 5.55. The van der Waals surface area contributed by atoms with Crippen LogP contribution in [0.25, 0.3) is 10.9 Å². The standard InChI is InChI=1S/C31H30F6N4O2/c1-43-28-9-8-20(17-39-28)5-4-10-40-11-12-41(25(19-40)15-22-18-38-27-7-3-2-6-26(22)27)29(42)21-13-23(30(32,33)34)16-24(14-21)31(35,36)37/h2-3,6-9,13-14,16-18,25,38H,4-5,10-12,15,19H2,1H3/t25-/m1/s1. The number of H-pyrrole nitrogens is 1. The Morgan fingerprint density at radius 3 is 2.37 bits per heavy atom. The highest BCUT2D eigenvalue weighted by atomic mass is 19.4. The van der Waals surface area contributed by atoms with E-state index in [1.54, 1.807) is 19.4 Å². The van der Waals surface area contributed by atoms with Crippen molar-refractivity contribution in [2.75, 3.05) is 33.3 Å². The lowest BCUT2D eigenvalue weighted by atomic mass is 9.98. The minimum absolute atomic E-state index is 0.0382. The highest BCUT2D eigenvalue weighted by molar-refractivity contribution is 5.95. The zero-order valence-corrected chi connectivity index (χ0v) is 23.3. The molecule has 1 N–H and O–H groups in total. The molecule has 0 unspecified atom stereocenters. The highest BCUT2D eigenvalue weighted by Crippen LogP contribution is 2.37. The van der Waals surface area contributed by atoms with Gasteiger partial charge in [0.2, 0.25) is 5.88 Å². The molecule has 0 radical (unpaired) electrons. The van der Waals surface area contributed by atoms with Crippen molar-refractivity contribution in [2.24, 2.45) is 0 Å². The summed E-state index contributed by atoms with van der Waals surface area (Å²) >= 11 is 0. The van der Waals surface area contributed by atoms with Crippen molar-refractivity contribution in [1.82, 2.24) is 19.8 Å². The molecule has 228 valence electrons. The van der Waals surface area contributed by atoms with Gasteiger partial charge in [-0.25, -0.2) is 4.98 Å². The summed E-state index contributed by atoms with van der Waals surface area (Å²) < 4.78 is 86.3. The lowest BCUT2D eigenvalue weighted by Gasteiger charge is -2.42. The molecule has 43 heavy (non-hydrogen) atoms. The maximum atomic E-state index is 13.7. The summed E-state index contributed by atoms with van der Waals surface area (Å²) in [6.45, 7) is 1.70. The first-order valence-corrected chi connectivity index (χ1v) is 13.8. The number of rotatable bonds is 8. The SMILES string of the molecule is COc1ccc(CCCN2CCN(C(=O)c3cc(C(F)(F)F)cc(C(F)(F)F)c3)[C@H](Cc3c[nH]c4ccccc34)C2)cn1. The number of pyridine rings is 1. The molecule has 12 heteroatoms. The summed E-state index contributed by atoms with van der Waals surface area (Å²) in [5.74, 6) is -0.335. The maximum absolute atomic E-state index is 13.7. The number of hydrogen-bond acceptors (Lipinski definition) is 4. The van der Waals surface area contributed by atoms with Crippen LogP contribution < -0.4 is 4.74 Å². The van der Waals surface area contributed by atoms with Crippen molar-refractivity contribution in [2.45, 2.75) is 37.7 Å². The van der Waals surface area contributed by atoms with Crippen LogP contribution >= 0.6 is 0 Å². The Kier molecular flexibility index (Phi) is 8.68. The number of para-hydroxylation sites is 1. The quantitative estimate of drug-likeness (QED) is 0.230. The zero-order chi connectivity index (χ0) is 30.8. The molecule has 6 nitrogen and oxygen atoms in total. The van der Waals surface area contributed by atoms with E-state index in [4.69, 9.17) is 4.74 Å². The molecule has 5 rings (SSSR count). The summed E-state index contributed by atoms with van der Waals surface area (Å²) in [5.41, 5.74) is -0.814. The van der Waals surface area contributed by atoms with Crippen molar-refractivity contribution in [3.63, 3.8) is 0 Å². The first kappa shape index (κ1) is 30.4. The van der Waals surface area contributed by atoms with Gasteiger partial charge in [0.05, 0.1) is 18.2 Å². The van der Waals surface area contributed by atoms with Crippen LogP contribution in [0.3, 0.4) is 0 Å². The van der Waals surface area contributed by atoms with Gasteiger partial charge in [-0.1, -0.05) is 24.3 Å². The lowest BCUT2D eigenvalue weighted by Crippen LogP contribution is -2.56. The molecular weight excluding hydrogens is 574 g/mol. The molecular formula is C31H30F6N4O2. The van der Waals surface area contributed by atoms with Crippen LogP contribution in [0, 0.1) is 0 Å². The number of halogens is 6. The summed E-state index contributed by atoms with van der Waals surface area (Å²) in [6, 6.07) is 11.9. The van der Waals surface area contributed by atoms with Gasteiger partial charge in [-0.05, 0) is 61.2 Å². The Balaban J connectivity index is 1.38. The van der Waals surface area contributed by atoms with Gasteiger partial charge in [-0.15, -0.1) is 0 Å². The number of piperazine rings is 1. The number of aromatic amines is 1. The average molecular weight is 605 g/mol. The van der Waals surface area contributed by atoms with E-state index in [1.165, 1.54) is 4.90 Å². The van der Waals surface area contributed by atoms with Gasteiger partial charge < -0.3 is 14.6 Å². The molecule has 2 aromatic heterocycles. The Labute approximate surface area is 244 Å². The summed E-state index contributed by atoms with van der Waals surface area (Å²) in [5, 5.41) is 0.942. The number of aromatic nitrogens is 2. The van der Waals surface area contributed by atoms with Crippen LogP contribution in [-0.2, 0) is 25.2 Å². The van der Waals surface area contributed by atoms with Gasteiger partial charge in [-0.2, -0.15) is 26.3 Å². The van der Waals surface area contributed by atoms with E-state index in [2.05, 4.69) is 14.9 Å². The number of carbonyl (C=O) groups excluding carboxylic acids is 1. The number of carbonyl (C=O) groups is 1. The molecule has 1 atom stereocenters. The highest BCUT2D eigenvalue weighted by Gasteiger charge is 2.39. The van der Waals surface area contributed by atoms with Crippen molar-refractivity contribution in [1.29, 1.82) is 0 Å². The monoisotopic (exact) mass is 604 g/mol. The van der Waals surface area contributed by atoms with Gasteiger partial charge in [0, 0.05) is 60.6 Å². The predicted octanol–water partition coefficient (Wildman–Crippen LogP) is 6.61. The van der Waals surface area contributed by atoms with Crippen LogP contribution in [-0.4, -0.2) is 65.0 Å². The van der Waals surface area contributed by atoms with Gasteiger partial charge in [0.25, 0.3) is 5.91 Å². The Bertz CT molecular complexity index is 1530. The second kappa shape index (κ2) is 12.3. The molecule has 3 heterocycles. The zero-order valence-electron chi connectivity index (χ0n) is 23.3. The van der Waals surface area contributed by atoms with Crippen molar-refractivity contribution < 1.29 is 35.9 Å². The number of benzene rings is 2. The van der Waals surface area contributed by atoms with E-state index in [9.17, 15) is 31.1 Å².